The van der Waals surface area contributed by atoms with Gasteiger partial charge in [-0.05, 0) is 0 Å². The van der Waals surface area contributed by atoms with E-state index in [1.54, 1.807) is 0 Å². The predicted octanol–water partition coefficient (Wildman–Crippen LogP) is 1.75. The molecule has 1 fully saturated rings. The first kappa shape index (κ1) is 12.0. The van der Waals surface area contributed by atoms with E-state index in [0.29, 0.717) is 19.6 Å². The van der Waals surface area contributed by atoms with Crippen molar-refractivity contribution in [2.75, 3.05) is 13.2 Å². The molecule has 1 heterocycles. The zero-order chi connectivity index (χ0) is 7.40. The molecule has 8 heteroatoms. The molecule has 0 aromatic carbocycles. The molecule has 0 aromatic heterocycles. The van der Waals surface area contributed by atoms with E-state index >= 15 is 0 Å². The van der Waals surface area contributed by atoms with Crippen LogP contribution in [0, 0.1) is 0 Å². The molecule has 2 atom stereocenters. The molecule has 0 saturated carbocycles. The molecule has 5 nitrogen and oxygen atoms in total. The van der Waals surface area contributed by atoms with Gasteiger partial charge in [0.2, 0.25) is 0 Å². The second-order valence-corrected chi connectivity index (χ2v) is 3.61. The first-order chi connectivity index (χ1) is 4.79. The fourth-order valence-corrected chi connectivity index (χ4v) is 1.81. The van der Waals surface area contributed by atoms with Crippen molar-refractivity contribution in [2.24, 2.45) is 0 Å². The van der Waals surface area contributed by atoms with Crippen LogP contribution in [0.3, 0.4) is 0 Å². The maximum Gasteiger partial charge on any atom is 0.747 e. The van der Waals surface area contributed by atoms with Crippen LogP contribution in [0.2, 0.25) is 0 Å². The fraction of sp³-hybridized carbons (Fsp3) is 1.00. The molecular weight excluding hydrogens is 269 g/mol. The van der Waals surface area contributed by atoms with E-state index in [9.17, 15) is 9.13 Å². The van der Waals surface area contributed by atoms with Crippen molar-refractivity contribution in [2.45, 2.75) is 6.42 Å². The summed E-state index contributed by atoms with van der Waals surface area (Å²) in [7, 11) is -4.47. The largest absolute Gasteiger partial charge is 0.747 e. The molecule has 0 bridgehead atoms. The molecule has 1 aliphatic heterocycles. The van der Waals surface area contributed by atoms with Crippen LogP contribution in [0.15, 0.2) is 0 Å². The maximum absolute atomic E-state index is 10.5. The van der Waals surface area contributed by atoms with Crippen LogP contribution >= 0.6 is 16.5 Å². The number of hydrogen-bond donors (Lipinski definition) is 0. The molecule has 11 heavy (non-hydrogen) atoms. The minimum absolute atomic E-state index is 0. The van der Waals surface area contributed by atoms with Crippen LogP contribution in [0.4, 0.5) is 0 Å². The van der Waals surface area contributed by atoms with Crippen LogP contribution in [0.1, 0.15) is 6.42 Å². The average molecular weight is 275 g/mol. The standard InChI is InChI=1S/C3H6O5P2.Zr/c4-9-6-2-1-3-7-10(5)8-9;/h1-3H2;/q+2;. The van der Waals surface area contributed by atoms with Gasteiger partial charge in [-0.25, -0.2) is 0 Å². The summed E-state index contributed by atoms with van der Waals surface area (Å²) in [5.74, 6) is 0. The Morgan fingerprint density at radius 3 is 1.91 bits per heavy atom. The van der Waals surface area contributed by atoms with Gasteiger partial charge in [-0.2, -0.15) is 0 Å². The number of rotatable bonds is 0. The third-order valence-electron chi connectivity index (χ3n) is 0.815. The molecule has 2 unspecified atom stereocenters. The summed E-state index contributed by atoms with van der Waals surface area (Å²) in [4.78, 5) is 0. The molecule has 0 aromatic rings. The Morgan fingerprint density at radius 1 is 1.00 bits per heavy atom. The monoisotopic (exact) mass is 274 g/mol. The first-order valence-electron chi connectivity index (χ1n) is 2.67. The van der Waals surface area contributed by atoms with Gasteiger partial charge in [0.05, 0.1) is 0 Å². The van der Waals surface area contributed by atoms with Crippen LogP contribution < -0.4 is 0 Å². The fourth-order valence-electron chi connectivity index (χ4n) is 0.439. The SMILES string of the molecule is O=[P+]1OCCCO[P+](=O)O1.[Zr]. The van der Waals surface area contributed by atoms with Crippen molar-refractivity contribution < 1.29 is 48.7 Å². The van der Waals surface area contributed by atoms with E-state index in [4.69, 9.17) is 0 Å². The molecule has 0 radical (unpaired) electrons. The van der Waals surface area contributed by atoms with Gasteiger partial charge in [0.25, 0.3) is 0 Å². The van der Waals surface area contributed by atoms with Crippen molar-refractivity contribution >= 4 is 16.5 Å². The van der Waals surface area contributed by atoms with Crippen molar-refractivity contribution in [3.63, 3.8) is 0 Å². The molecule has 0 aliphatic carbocycles. The summed E-state index contributed by atoms with van der Waals surface area (Å²) in [5, 5.41) is 0. The van der Waals surface area contributed by atoms with Crippen LogP contribution in [-0.2, 0) is 48.7 Å². The minimum Gasteiger partial charge on any atom is -0.116 e. The third-order valence-corrected chi connectivity index (χ3v) is 2.67. The van der Waals surface area contributed by atoms with Crippen molar-refractivity contribution in [1.82, 2.24) is 0 Å². The topological polar surface area (TPSA) is 61.8 Å². The predicted molar refractivity (Wildman–Crippen MR) is 32.8 cm³/mol. The normalized spacial score (nSPS) is 26.5. The summed E-state index contributed by atoms with van der Waals surface area (Å²) in [5.41, 5.74) is 0. The molecule has 60 valence electrons. The summed E-state index contributed by atoms with van der Waals surface area (Å²) < 4.78 is 34.4. The quantitative estimate of drug-likeness (QED) is 0.630. The Morgan fingerprint density at radius 2 is 1.45 bits per heavy atom. The van der Waals surface area contributed by atoms with Gasteiger partial charge in [-0.3, -0.25) is 0 Å². The van der Waals surface area contributed by atoms with Crippen LogP contribution in [0.25, 0.3) is 0 Å². The van der Waals surface area contributed by atoms with Gasteiger partial charge in [0, 0.05) is 41.8 Å². The van der Waals surface area contributed by atoms with Crippen LogP contribution in [-0.4, -0.2) is 13.2 Å². The molecule has 1 rings (SSSR count). The van der Waals surface area contributed by atoms with Crippen molar-refractivity contribution in [3.8, 4) is 0 Å². The van der Waals surface area contributed by atoms with Gasteiger partial charge in [0.15, 0.2) is 4.31 Å². The van der Waals surface area contributed by atoms with E-state index < -0.39 is 16.5 Å². The Kier molecular flexibility index (Phi) is 7.04. The Hall–Kier alpha value is 0.963. The van der Waals surface area contributed by atoms with E-state index in [2.05, 4.69) is 13.4 Å². The number of hydrogen-bond acceptors (Lipinski definition) is 5. The van der Waals surface area contributed by atoms with Gasteiger partial charge >= 0.3 is 16.5 Å². The van der Waals surface area contributed by atoms with Crippen molar-refractivity contribution in [1.29, 1.82) is 0 Å². The van der Waals surface area contributed by atoms with Crippen molar-refractivity contribution in [3.05, 3.63) is 0 Å². The second-order valence-electron chi connectivity index (χ2n) is 1.55. The summed E-state index contributed by atoms with van der Waals surface area (Å²) in [6.45, 7) is 0.636. The summed E-state index contributed by atoms with van der Waals surface area (Å²) in [6, 6.07) is 0. The Labute approximate surface area is 84.8 Å². The average Bonchev–Trinajstić information content (AvgIpc) is 1.83. The van der Waals surface area contributed by atoms with Gasteiger partial charge in [0.1, 0.15) is 13.2 Å². The van der Waals surface area contributed by atoms with E-state index in [-0.39, 0.29) is 26.2 Å². The first-order valence-corrected chi connectivity index (χ1v) is 4.86. The molecular formula is C3H6O5P2Zr+2. The van der Waals surface area contributed by atoms with Gasteiger partial charge in [-0.1, -0.05) is 0 Å². The molecule has 0 amide bonds. The third kappa shape index (κ3) is 5.24. The molecule has 0 spiro atoms. The van der Waals surface area contributed by atoms with Crippen LogP contribution in [0.5, 0.6) is 0 Å². The van der Waals surface area contributed by atoms with E-state index in [1.165, 1.54) is 0 Å². The zero-order valence-electron chi connectivity index (χ0n) is 5.56. The maximum atomic E-state index is 10.5. The Balaban J connectivity index is 0.000001000. The molecule has 0 N–H and O–H groups in total. The second kappa shape index (κ2) is 6.48. The Bertz CT molecular complexity index is 146. The van der Waals surface area contributed by atoms with Gasteiger partial charge in [-0.15, -0.1) is 9.05 Å². The minimum atomic E-state index is -2.23. The van der Waals surface area contributed by atoms with E-state index in [1.807, 2.05) is 0 Å². The zero-order valence-corrected chi connectivity index (χ0v) is 9.80. The summed E-state index contributed by atoms with van der Waals surface area (Å²) >= 11 is 0. The summed E-state index contributed by atoms with van der Waals surface area (Å²) in [6.07, 6.45) is 0.589. The molecule has 1 saturated heterocycles. The smallest absolute Gasteiger partial charge is 0.116 e. The van der Waals surface area contributed by atoms with E-state index in [0.717, 1.165) is 0 Å². The molecule has 1 aliphatic rings. The van der Waals surface area contributed by atoms with Gasteiger partial charge < -0.3 is 0 Å².